The second-order valence-corrected chi connectivity index (χ2v) is 3.75. The van der Waals surface area contributed by atoms with Crippen LogP contribution >= 0.6 is 0 Å². The molecule has 0 saturated heterocycles. The Morgan fingerprint density at radius 2 is 2.07 bits per heavy atom. The summed E-state index contributed by atoms with van der Waals surface area (Å²) in [5.74, 6) is 1.17. The molecule has 80 valence electrons. The monoisotopic (exact) mass is 205 g/mol. The number of amidine groups is 1. The van der Waals surface area contributed by atoms with E-state index in [0.29, 0.717) is 0 Å². The third-order valence-electron chi connectivity index (χ3n) is 2.66. The van der Waals surface area contributed by atoms with E-state index < -0.39 is 0 Å². The summed E-state index contributed by atoms with van der Waals surface area (Å²) in [6.45, 7) is 3.17. The van der Waals surface area contributed by atoms with Gasteiger partial charge in [0.1, 0.15) is 19.6 Å². The van der Waals surface area contributed by atoms with Crippen molar-refractivity contribution in [3.63, 3.8) is 0 Å². The molecular weight excluding hydrogens is 188 g/mol. The Morgan fingerprint density at radius 3 is 2.80 bits per heavy atom. The zero-order valence-electron chi connectivity index (χ0n) is 8.82. The van der Waals surface area contributed by atoms with Gasteiger partial charge in [0.2, 0.25) is 5.84 Å². The van der Waals surface area contributed by atoms with Crippen LogP contribution in [0.2, 0.25) is 0 Å². The first-order chi connectivity index (χ1) is 7.40. The Morgan fingerprint density at radius 1 is 1.27 bits per heavy atom. The Balaban J connectivity index is 2.07. The Bertz CT molecular complexity index is 346. The molecule has 0 amide bonds. The fraction of sp³-hybridized carbons (Fsp3) is 0.417. The fourth-order valence-electron chi connectivity index (χ4n) is 1.91. The fourth-order valence-corrected chi connectivity index (χ4v) is 1.91. The smallest absolute Gasteiger partial charge is 0.247 e. The van der Waals surface area contributed by atoms with Crippen molar-refractivity contribution in [1.82, 2.24) is 5.32 Å². The highest BCUT2D eigenvalue weighted by Gasteiger charge is 2.19. The van der Waals surface area contributed by atoms with Gasteiger partial charge in [0, 0.05) is 0 Å². The maximum Gasteiger partial charge on any atom is 0.247 e. The van der Waals surface area contributed by atoms with Crippen molar-refractivity contribution in [2.24, 2.45) is 0 Å². The molecule has 1 heterocycles. The van der Waals surface area contributed by atoms with Gasteiger partial charge in [-0.3, -0.25) is 9.89 Å². The van der Waals surface area contributed by atoms with Crippen molar-refractivity contribution in [3.05, 3.63) is 35.9 Å². The van der Waals surface area contributed by atoms with E-state index in [-0.39, 0.29) is 6.61 Å². The molecule has 0 spiro atoms. The van der Waals surface area contributed by atoms with Gasteiger partial charge in [-0.15, -0.1) is 0 Å². The predicted molar refractivity (Wildman–Crippen MR) is 60.0 cm³/mol. The van der Waals surface area contributed by atoms with Crippen LogP contribution < -0.4 is 5.32 Å². The van der Waals surface area contributed by atoms with Gasteiger partial charge in [0.15, 0.2) is 0 Å². The second-order valence-electron chi connectivity index (χ2n) is 3.75. The maximum absolute atomic E-state index is 8.92. The van der Waals surface area contributed by atoms with Gasteiger partial charge in [-0.05, 0) is 5.56 Å². The SMILES string of the molecule is OCCC1=[N+](Cc2ccccc2)CCN1. The zero-order valence-corrected chi connectivity index (χ0v) is 8.82. The summed E-state index contributed by atoms with van der Waals surface area (Å²) in [4.78, 5) is 0. The van der Waals surface area contributed by atoms with Crippen LogP contribution in [0, 0.1) is 0 Å². The highest BCUT2D eigenvalue weighted by Crippen LogP contribution is 2.03. The Labute approximate surface area is 90.1 Å². The molecule has 0 radical (unpaired) electrons. The number of aliphatic hydroxyl groups excluding tert-OH is 1. The summed E-state index contributed by atoms with van der Waals surface area (Å²) >= 11 is 0. The van der Waals surface area contributed by atoms with E-state index in [0.717, 1.165) is 26.1 Å². The summed E-state index contributed by atoms with van der Waals surface area (Å²) in [6, 6.07) is 10.4. The van der Waals surface area contributed by atoms with E-state index in [1.165, 1.54) is 11.4 Å². The molecule has 1 aliphatic heterocycles. The first kappa shape index (κ1) is 10.2. The van der Waals surface area contributed by atoms with Gasteiger partial charge in [-0.2, -0.15) is 0 Å². The number of nitrogens with zero attached hydrogens (tertiary/aromatic N) is 1. The molecule has 1 aromatic rings. The van der Waals surface area contributed by atoms with Crippen molar-refractivity contribution in [2.45, 2.75) is 13.0 Å². The van der Waals surface area contributed by atoms with Gasteiger partial charge < -0.3 is 5.11 Å². The van der Waals surface area contributed by atoms with Crippen molar-refractivity contribution >= 4 is 5.84 Å². The number of hydrogen-bond acceptors (Lipinski definition) is 2. The van der Waals surface area contributed by atoms with Crippen LogP contribution in [0.15, 0.2) is 30.3 Å². The molecule has 0 aliphatic carbocycles. The molecule has 0 aromatic heterocycles. The molecule has 3 heteroatoms. The number of aliphatic hydroxyl groups is 1. The third-order valence-corrected chi connectivity index (χ3v) is 2.66. The summed E-state index contributed by atoms with van der Waals surface area (Å²) < 4.78 is 2.30. The first-order valence-corrected chi connectivity index (χ1v) is 5.39. The molecule has 1 aliphatic rings. The minimum absolute atomic E-state index is 0.216. The maximum atomic E-state index is 8.92. The van der Waals surface area contributed by atoms with Gasteiger partial charge in [-0.1, -0.05) is 30.3 Å². The summed E-state index contributed by atoms with van der Waals surface area (Å²) in [5, 5.41) is 12.2. The largest absolute Gasteiger partial charge is 0.396 e. The molecule has 0 bridgehead atoms. The van der Waals surface area contributed by atoms with Gasteiger partial charge in [-0.25, -0.2) is 0 Å². The van der Waals surface area contributed by atoms with Crippen LogP contribution in [0.4, 0.5) is 0 Å². The number of nitrogens with one attached hydrogen (secondary N) is 1. The lowest BCUT2D eigenvalue weighted by molar-refractivity contribution is -0.535. The third kappa shape index (κ3) is 2.57. The molecule has 0 fully saturated rings. The van der Waals surface area contributed by atoms with Gasteiger partial charge in [0.05, 0.1) is 13.0 Å². The van der Waals surface area contributed by atoms with Crippen molar-refractivity contribution in [1.29, 1.82) is 0 Å². The summed E-state index contributed by atoms with van der Waals surface area (Å²) in [6.07, 6.45) is 0.729. The lowest BCUT2D eigenvalue weighted by Gasteiger charge is -2.03. The van der Waals surface area contributed by atoms with Crippen molar-refractivity contribution in [2.75, 3.05) is 19.7 Å². The normalized spacial score (nSPS) is 15.5. The van der Waals surface area contributed by atoms with Gasteiger partial charge >= 0.3 is 0 Å². The lowest BCUT2D eigenvalue weighted by atomic mass is 10.2. The van der Waals surface area contributed by atoms with E-state index >= 15 is 0 Å². The van der Waals surface area contributed by atoms with E-state index in [9.17, 15) is 0 Å². The second kappa shape index (κ2) is 4.94. The molecule has 0 unspecified atom stereocenters. The lowest BCUT2D eigenvalue weighted by Crippen LogP contribution is -2.23. The molecule has 1 aromatic carbocycles. The molecule has 2 rings (SSSR count). The average Bonchev–Trinajstić information content (AvgIpc) is 2.68. The number of benzene rings is 1. The predicted octanol–water partition coefficient (Wildman–Crippen LogP) is 0.583. The van der Waals surface area contributed by atoms with Crippen LogP contribution in [0.5, 0.6) is 0 Å². The van der Waals surface area contributed by atoms with E-state index in [1.54, 1.807) is 0 Å². The van der Waals surface area contributed by atoms with Crippen molar-refractivity contribution in [3.8, 4) is 0 Å². The minimum Gasteiger partial charge on any atom is -0.396 e. The molecule has 0 saturated carbocycles. The number of rotatable bonds is 4. The number of hydrogen-bond donors (Lipinski definition) is 2. The van der Waals surface area contributed by atoms with E-state index in [1.807, 2.05) is 6.07 Å². The zero-order chi connectivity index (χ0) is 10.5. The van der Waals surface area contributed by atoms with Crippen LogP contribution in [-0.2, 0) is 6.54 Å². The molecule has 3 nitrogen and oxygen atoms in total. The molecule has 0 atom stereocenters. The molecule has 2 N–H and O–H groups in total. The van der Waals surface area contributed by atoms with E-state index in [2.05, 4.69) is 34.2 Å². The van der Waals surface area contributed by atoms with Crippen LogP contribution in [0.1, 0.15) is 12.0 Å². The van der Waals surface area contributed by atoms with Crippen LogP contribution in [0.25, 0.3) is 0 Å². The highest BCUT2D eigenvalue weighted by molar-refractivity contribution is 5.78. The van der Waals surface area contributed by atoms with Crippen molar-refractivity contribution < 1.29 is 9.68 Å². The minimum atomic E-state index is 0.216. The quantitative estimate of drug-likeness (QED) is 0.705. The Kier molecular flexibility index (Phi) is 3.35. The van der Waals surface area contributed by atoms with E-state index in [4.69, 9.17) is 5.11 Å². The first-order valence-electron chi connectivity index (χ1n) is 5.39. The molecular formula is C12H17N2O+. The Hall–Kier alpha value is -1.35. The summed E-state index contributed by atoms with van der Waals surface area (Å²) in [7, 11) is 0. The average molecular weight is 205 g/mol. The standard InChI is InChI=1S/C12H16N2O/c15-9-6-12-13-7-8-14(12)10-11-4-2-1-3-5-11/h1-5,15H,6-10H2/p+1. The topological polar surface area (TPSA) is 35.3 Å². The van der Waals surface area contributed by atoms with Gasteiger partial charge in [0.25, 0.3) is 0 Å². The molecule has 15 heavy (non-hydrogen) atoms. The van der Waals surface area contributed by atoms with Crippen LogP contribution in [-0.4, -0.2) is 35.2 Å². The van der Waals surface area contributed by atoms with Crippen LogP contribution in [0.3, 0.4) is 0 Å². The highest BCUT2D eigenvalue weighted by atomic mass is 16.3. The summed E-state index contributed by atoms with van der Waals surface area (Å²) in [5.41, 5.74) is 1.32.